The van der Waals surface area contributed by atoms with E-state index in [0.717, 1.165) is 41.4 Å². The first kappa shape index (κ1) is 56.3. The molecule has 11 heteroatoms. The molecule has 1 aliphatic heterocycles. The Kier molecular flexibility index (Phi) is 27.3. The molecular weight excluding hydrogens is 822 g/mol. The topological polar surface area (TPSA) is 106 Å². The minimum absolute atomic E-state index is 0. The molecule has 4 heterocycles. The van der Waals surface area contributed by atoms with Crippen molar-refractivity contribution in [3.05, 3.63) is 168 Å². The molecule has 326 valence electrons. The molecular formula is C50H70KN5O3S2. The Bertz CT molecular complexity index is 1880. The largest absolute Gasteiger partial charge is 1.00 e. The van der Waals surface area contributed by atoms with Crippen LogP contribution in [0.4, 0.5) is 0 Å². The van der Waals surface area contributed by atoms with Gasteiger partial charge in [-0.3, -0.25) is 15.0 Å². The van der Waals surface area contributed by atoms with Gasteiger partial charge in [-0.15, -0.1) is 19.9 Å². The van der Waals surface area contributed by atoms with Crippen molar-refractivity contribution in [3.63, 3.8) is 0 Å². The number of aromatic nitrogens is 3. The van der Waals surface area contributed by atoms with E-state index in [9.17, 15) is 8.42 Å². The van der Waals surface area contributed by atoms with Gasteiger partial charge in [0.15, 0.2) is 0 Å². The van der Waals surface area contributed by atoms with E-state index in [2.05, 4.69) is 77.7 Å². The molecule has 1 N–H and O–H groups in total. The summed E-state index contributed by atoms with van der Waals surface area (Å²) in [6.45, 7) is 26.3. The predicted molar refractivity (Wildman–Crippen MR) is 256 cm³/mol. The van der Waals surface area contributed by atoms with Crippen LogP contribution in [-0.2, 0) is 32.1 Å². The van der Waals surface area contributed by atoms with Gasteiger partial charge in [-0.05, 0) is 95.7 Å². The fraction of sp³-hybridized carbons (Fsp3) is 0.420. The van der Waals surface area contributed by atoms with Crippen molar-refractivity contribution in [1.29, 1.82) is 0 Å². The molecule has 5 aromatic rings. The molecule has 1 saturated heterocycles. The van der Waals surface area contributed by atoms with Gasteiger partial charge in [0, 0.05) is 54.8 Å². The Balaban J connectivity index is 0.000000416. The normalized spacial score (nSPS) is 13.9. The molecule has 1 fully saturated rings. The van der Waals surface area contributed by atoms with Crippen molar-refractivity contribution in [3.8, 4) is 0 Å². The SMILES string of the molecule is C1CCOC1.CC(C)(C)[S@@](=O)N=Cc1ccccc1.CC(C)(c1ccccn1)[C@@H](N[S@](=O)C(C)(C)C)c1ccccc1.CC(C)c1ccccn1.C[C-](C)c1ccccn1.[K+]. The first-order valence-electron chi connectivity index (χ1n) is 20.7. The van der Waals surface area contributed by atoms with Gasteiger partial charge in [0.1, 0.15) is 11.0 Å². The van der Waals surface area contributed by atoms with E-state index < -0.39 is 22.0 Å². The van der Waals surface area contributed by atoms with Crippen molar-refractivity contribution in [1.82, 2.24) is 19.7 Å². The van der Waals surface area contributed by atoms with Crippen LogP contribution in [0.25, 0.3) is 0 Å². The molecule has 6 rings (SSSR count). The van der Waals surface area contributed by atoms with Crippen LogP contribution in [0.15, 0.2) is 138 Å². The smallest absolute Gasteiger partial charge is 0.381 e. The van der Waals surface area contributed by atoms with Gasteiger partial charge in [0.05, 0.1) is 26.5 Å². The van der Waals surface area contributed by atoms with Crippen LogP contribution >= 0.6 is 0 Å². The summed E-state index contributed by atoms with van der Waals surface area (Å²) in [5.74, 6) is 1.81. The van der Waals surface area contributed by atoms with Crippen LogP contribution < -0.4 is 56.1 Å². The van der Waals surface area contributed by atoms with Gasteiger partial charge in [-0.1, -0.05) is 112 Å². The maximum atomic E-state index is 12.7. The zero-order valence-electron chi connectivity index (χ0n) is 39.1. The van der Waals surface area contributed by atoms with E-state index in [1.165, 1.54) is 18.8 Å². The Hall–Kier alpha value is -2.71. The summed E-state index contributed by atoms with van der Waals surface area (Å²) in [5.41, 5.74) is 5.01. The second kappa shape index (κ2) is 29.6. The zero-order chi connectivity index (χ0) is 44.6. The van der Waals surface area contributed by atoms with Gasteiger partial charge < -0.3 is 4.74 Å². The summed E-state index contributed by atoms with van der Waals surface area (Å²) in [5, 5.41) is 0. The average molecular weight is 892 g/mol. The van der Waals surface area contributed by atoms with Gasteiger partial charge in [0.25, 0.3) is 0 Å². The number of pyridine rings is 3. The molecule has 0 saturated carbocycles. The number of nitrogens with one attached hydrogen (secondary N) is 1. The molecule has 2 aromatic carbocycles. The molecule has 0 bridgehead atoms. The monoisotopic (exact) mass is 891 g/mol. The van der Waals surface area contributed by atoms with Crippen LogP contribution in [0, 0.1) is 5.92 Å². The number of rotatable bonds is 9. The third-order valence-electron chi connectivity index (χ3n) is 8.87. The molecule has 1 aliphatic rings. The van der Waals surface area contributed by atoms with Crippen LogP contribution in [0.2, 0.25) is 0 Å². The number of ether oxygens (including phenoxy) is 1. The van der Waals surface area contributed by atoms with E-state index >= 15 is 0 Å². The molecule has 8 nitrogen and oxygen atoms in total. The van der Waals surface area contributed by atoms with E-state index in [4.69, 9.17) is 4.74 Å². The maximum Gasteiger partial charge on any atom is 1.00 e. The zero-order valence-corrected chi connectivity index (χ0v) is 43.8. The molecule has 0 amide bonds. The van der Waals surface area contributed by atoms with E-state index in [0.29, 0.717) is 5.92 Å². The van der Waals surface area contributed by atoms with E-state index in [-0.39, 0.29) is 72.3 Å². The first-order valence-corrected chi connectivity index (χ1v) is 23.0. The third-order valence-corrected chi connectivity index (χ3v) is 11.8. The van der Waals surface area contributed by atoms with Crippen LogP contribution in [-0.4, -0.2) is 52.3 Å². The standard InChI is InChI=1S/C19H26N2OS.C11H15NOS.C8H11N.C8H10N.C4H8O.K/c1-18(2,3)23(22)21-17(15-11-7-6-8-12-15)19(4,5)16-13-9-10-14-20-16;1-11(2,3)14(13)12-9-10-7-5-4-6-8-10;2*1-7(2)8-5-3-4-6-9-8;1-2-4-5-3-1;/h6-14,17,21H,1-5H3;4-9H,1-3H3;3-7H,1-2H3;3-6H,1-2H3;1-4H2;/q;;;-1;;+1/t17-,23+;14-;;;;/m01..../s1. The van der Waals surface area contributed by atoms with Crippen molar-refractivity contribution in [2.24, 2.45) is 4.40 Å². The molecule has 0 aliphatic carbocycles. The van der Waals surface area contributed by atoms with Gasteiger partial charge in [-0.2, -0.15) is 16.4 Å². The Morgan fingerprint density at radius 1 is 0.672 bits per heavy atom. The maximum absolute atomic E-state index is 12.7. The summed E-state index contributed by atoms with van der Waals surface area (Å²) >= 11 is 0. The van der Waals surface area contributed by atoms with Gasteiger partial charge in [0.2, 0.25) is 0 Å². The van der Waals surface area contributed by atoms with Crippen LogP contribution in [0.5, 0.6) is 0 Å². The Labute approximate surface area is 416 Å². The minimum Gasteiger partial charge on any atom is -0.381 e. The van der Waals surface area contributed by atoms with Gasteiger partial charge in [-0.25, -0.2) is 13.1 Å². The van der Waals surface area contributed by atoms with Crippen LogP contribution in [0.1, 0.15) is 136 Å². The summed E-state index contributed by atoms with van der Waals surface area (Å²) in [7, 11) is -2.33. The van der Waals surface area contributed by atoms with Crippen molar-refractivity contribution in [2.45, 2.75) is 123 Å². The quantitative estimate of drug-likeness (QED) is 0.0902. The van der Waals surface area contributed by atoms with E-state index in [1.54, 1.807) is 12.4 Å². The second-order valence-electron chi connectivity index (χ2n) is 17.2. The number of hydrogen-bond acceptors (Lipinski definition) is 6. The Morgan fingerprint density at radius 2 is 1.18 bits per heavy atom. The van der Waals surface area contributed by atoms with Crippen molar-refractivity contribution >= 4 is 28.2 Å². The first-order chi connectivity index (χ1) is 28.3. The fourth-order valence-electron chi connectivity index (χ4n) is 5.15. The number of nitrogens with zero attached hydrogens (tertiary/aromatic N) is 4. The van der Waals surface area contributed by atoms with Crippen molar-refractivity contribution < 1.29 is 64.5 Å². The molecule has 61 heavy (non-hydrogen) atoms. The van der Waals surface area contributed by atoms with Crippen molar-refractivity contribution in [2.75, 3.05) is 13.2 Å². The molecule has 0 radical (unpaired) electrons. The summed E-state index contributed by atoms with van der Waals surface area (Å²) in [6.07, 6.45) is 9.65. The predicted octanol–water partition coefficient (Wildman–Crippen LogP) is 8.77. The minimum atomic E-state index is -1.17. The third kappa shape index (κ3) is 23.0. The van der Waals surface area contributed by atoms with Crippen LogP contribution in [0.3, 0.4) is 0 Å². The molecule has 3 atom stereocenters. The summed E-state index contributed by atoms with van der Waals surface area (Å²) in [6, 6.07) is 37.6. The van der Waals surface area contributed by atoms with E-state index in [1.807, 2.05) is 157 Å². The number of hydrogen-bond donors (Lipinski definition) is 1. The second-order valence-corrected chi connectivity index (χ2v) is 21.2. The fourth-order valence-corrected chi connectivity index (χ4v) is 6.68. The Morgan fingerprint density at radius 3 is 1.56 bits per heavy atom. The average Bonchev–Trinajstić information content (AvgIpc) is 3.84. The molecule has 0 unspecified atom stereocenters. The summed E-state index contributed by atoms with van der Waals surface area (Å²) in [4.78, 5) is 12.8. The number of benzene rings is 2. The summed E-state index contributed by atoms with van der Waals surface area (Å²) < 4.78 is 35.9. The molecule has 0 spiro atoms. The molecule has 3 aromatic heterocycles. The van der Waals surface area contributed by atoms with Gasteiger partial charge >= 0.3 is 51.4 Å².